The fourth-order valence-electron chi connectivity index (χ4n) is 2.01. The molecule has 1 aliphatic rings. The van der Waals surface area contributed by atoms with Crippen molar-refractivity contribution in [3.05, 3.63) is 35.9 Å². The third kappa shape index (κ3) is 3.65. The fraction of sp³-hybridized carbons (Fsp3) is 0.375. The molecule has 0 spiro atoms. The van der Waals surface area contributed by atoms with Crippen LogP contribution in [0.4, 0.5) is 0 Å². The molecule has 2 rings (SSSR count). The predicted molar refractivity (Wildman–Crippen MR) is 75.5 cm³/mol. The molecule has 0 radical (unpaired) electrons. The maximum absolute atomic E-state index is 5.62. The molecule has 94 valence electrons. The van der Waals surface area contributed by atoms with E-state index in [9.17, 15) is 0 Å². The zero-order chi connectivity index (χ0) is 12.6. The number of unbranched alkanes of at least 4 members (excludes halogenated alkanes) is 1. The Morgan fingerprint density at radius 1 is 1.28 bits per heavy atom. The molecular weight excluding hydrogens is 222 g/mol. The van der Waals surface area contributed by atoms with Crippen molar-refractivity contribution in [2.75, 3.05) is 19.7 Å². The summed E-state index contributed by atoms with van der Waals surface area (Å²) in [6.45, 7) is 2.73. The number of rotatable bonds is 5. The van der Waals surface area contributed by atoms with Gasteiger partial charge in [0.05, 0.1) is 6.61 Å². The Morgan fingerprint density at radius 3 is 2.78 bits per heavy atom. The normalized spacial score (nSPS) is 14.7. The van der Waals surface area contributed by atoms with Gasteiger partial charge in [-0.05, 0) is 42.7 Å². The SMILES string of the molecule is C#CCCCOc1ccc(C2=CCNCC2)cc1. The van der Waals surface area contributed by atoms with E-state index in [1.165, 1.54) is 11.1 Å². The average molecular weight is 241 g/mol. The molecule has 0 saturated heterocycles. The highest BCUT2D eigenvalue weighted by Gasteiger charge is 2.05. The minimum absolute atomic E-state index is 0.691. The van der Waals surface area contributed by atoms with Gasteiger partial charge >= 0.3 is 0 Å². The quantitative estimate of drug-likeness (QED) is 0.632. The van der Waals surface area contributed by atoms with Crippen molar-refractivity contribution in [2.24, 2.45) is 0 Å². The first-order valence-electron chi connectivity index (χ1n) is 6.46. The topological polar surface area (TPSA) is 21.3 Å². The summed E-state index contributed by atoms with van der Waals surface area (Å²) in [5.74, 6) is 3.53. The van der Waals surface area contributed by atoms with E-state index in [2.05, 4.69) is 29.4 Å². The van der Waals surface area contributed by atoms with Crippen molar-refractivity contribution in [3.63, 3.8) is 0 Å². The first kappa shape index (κ1) is 12.7. The van der Waals surface area contributed by atoms with Gasteiger partial charge in [0.25, 0.3) is 0 Å². The van der Waals surface area contributed by atoms with E-state index >= 15 is 0 Å². The number of benzene rings is 1. The van der Waals surface area contributed by atoms with Crippen LogP contribution < -0.4 is 10.1 Å². The molecule has 0 saturated carbocycles. The Morgan fingerprint density at radius 2 is 2.11 bits per heavy atom. The predicted octanol–water partition coefficient (Wildman–Crippen LogP) is 2.86. The number of terminal acetylenes is 1. The Labute approximate surface area is 109 Å². The fourth-order valence-corrected chi connectivity index (χ4v) is 2.01. The van der Waals surface area contributed by atoms with E-state index in [1.807, 2.05) is 12.1 Å². The molecule has 1 aromatic rings. The second-order valence-electron chi connectivity index (χ2n) is 4.36. The van der Waals surface area contributed by atoms with Crippen LogP contribution in [0.1, 0.15) is 24.8 Å². The van der Waals surface area contributed by atoms with Gasteiger partial charge in [-0.1, -0.05) is 18.2 Å². The average Bonchev–Trinajstić information content (AvgIpc) is 2.45. The molecule has 0 atom stereocenters. The van der Waals surface area contributed by atoms with Gasteiger partial charge in [0.15, 0.2) is 0 Å². The molecule has 0 amide bonds. The Hall–Kier alpha value is -1.72. The summed E-state index contributed by atoms with van der Waals surface area (Å²) < 4.78 is 5.62. The maximum Gasteiger partial charge on any atom is 0.119 e. The maximum atomic E-state index is 5.62. The monoisotopic (exact) mass is 241 g/mol. The van der Waals surface area contributed by atoms with Gasteiger partial charge in [-0.25, -0.2) is 0 Å². The van der Waals surface area contributed by atoms with Gasteiger partial charge in [0.2, 0.25) is 0 Å². The van der Waals surface area contributed by atoms with Crippen molar-refractivity contribution in [2.45, 2.75) is 19.3 Å². The largest absolute Gasteiger partial charge is 0.494 e. The summed E-state index contributed by atoms with van der Waals surface area (Å²) in [6.07, 6.45) is 10.2. The lowest BCUT2D eigenvalue weighted by atomic mass is 10.0. The van der Waals surface area contributed by atoms with E-state index in [0.717, 1.165) is 38.1 Å². The van der Waals surface area contributed by atoms with E-state index in [-0.39, 0.29) is 0 Å². The molecular formula is C16H19NO. The van der Waals surface area contributed by atoms with E-state index in [1.54, 1.807) is 0 Å². The third-order valence-corrected chi connectivity index (χ3v) is 3.02. The van der Waals surface area contributed by atoms with Crippen molar-refractivity contribution in [1.82, 2.24) is 5.32 Å². The van der Waals surface area contributed by atoms with Gasteiger partial charge in [0, 0.05) is 13.0 Å². The molecule has 0 bridgehead atoms. The molecule has 0 aromatic heterocycles. The molecule has 2 nitrogen and oxygen atoms in total. The highest BCUT2D eigenvalue weighted by molar-refractivity contribution is 5.67. The van der Waals surface area contributed by atoms with Crippen molar-refractivity contribution in [3.8, 4) is 18.1 Å². The van der Waals surface area contributed by atoms with Crippen LogP contribution >= 0.6 is 0 Å². The zero-order valence-electron chi connectivity index (χ0n) is 10.6. The van der Waals surface area contributed by atoms with Gasteiger partial charge in [-0.2, -0.15) is 0 Å². The van der Waals surface area contributed by atoms with Gasteiger partial charge in [-0.15, -0.1) is 12.3 Å². The highest BCUT2D eigenvalue weighted by Crippen LogP contribution is 2.22. The molecule has 1 aliphatic heterocycles. The van der Waals surface area contributed by atoms with Crippen LogP contribution in [0.5, 0.6) is 5.75 Å². The summed E-state index contributed by atoms with van der Waals surface area (Å²) in [6, 6.07) is 8.34. The van der Waals surface area contributed by atoms with Crippen molar-refractivity contribution < 1.29 is 4.74 Å². The second-order valence-corrected chi connectivity index (χ2v) is 4.36. The molecule has 0 unspecified atom stereocenters. The molecule has 0 aliphatic carbocycles. The molecule has 2 heteroatoms. The van der Waals surface area contributed by atoms with Crippen LogP contribution in [0.2, 0.25) is 0 Å². The highest BCUT2D eigenvalue weighted by atomic mass is 16.5. The summed E-state index contributed by atoms with van der Waals surface area (Å²) in [5, 5.41) is 3.32. The summed E-state index contributed by atoms with van der Waals surface area (Å²) in [7, 11) is 0. The standard InChI is InChI=1S/C16H19NO/c1-2-3-4-13-18-16-7-5-14(6-8-16)15-9-11-17-12-10-15/h1,5-9,17H,3-4,10-13H2. The van der Waals surface area contributed by atoms with E-state index < -0.39 is 0 Å². The first-order valence-corrected chi connectivity index (χ1v) is 6.46. The Bertz CT molecular complexity index is 439. The summed E-state index contributed by atoms with van der Waals surface area (Å²) in [4.78, 5) is 0. The number of ether oxygens (including phenoxy) is 1. The first-order chi connectivity index (χ1) is 8.90. The molecule has 18 heavy (non-hydrogen) atoms. The van der Waals surface area contributed by atoms with Gasteiger partial charge in [0.1, 0.15) is 5.75 Å². The Balaban J connectivity index is 1.89. The lowest BCUT2D eigenvalue weighted by Crippen LogP contribution is -2.19. The Kier molecular flexibility index (Phi) is 4.87. The molecule has 1 N–H and O–H groups in total. The number of nitrogens with one attached hydrogen (secondary N) is 1. The molecule has 0 fully saturated rings. The number of hydrogen-bond donors (Lipinski definition) is 1. The molecule has 1 heterocycles. The van der Waals surface area contributed by atoms with E-state index in [0.29, 0.717) is 6.61 Å². The van der Waals surface area contributed by atoms with Crippen LogP contribution in [-0.2, 0) is 0 Å². The third-order valence-electron chi connectivity index (χ3n) is 3.02. The van der Waals surface area contributed by atoms with Crippen molar-refractivity contribution in [1.29, 1.82) is 0 Å². The lowest BCUT2D eigenvalue weighted by Gasteiger charge is -2.14. The van der Waals surface area contributed by atoms with Crippen molar-refractivity contribution >= 4 is 5.57 Å². The smallest absolute Gasteiger partial charge is 0.119 e. The van der Waals surface area contributed by atoms with Gasteiger partial charge in [-0.3, -0.25) is 0 Å². The van der Waals surface area contributed by atoms with Crippen LogP contribution in [-0.4, -0.2) is 19.7 Å². The van der Waals surface area contributed by atoms with E-state index in [4.69, 9.17) is 11.2 Å². The van der Waals surface area contributed by atoms with Crippen LogP contribution in [0, 0.1) is 12.3 Å². The second kappa shape index (κ2) is 6.88. The molecule has 1 aromatic carbocycles. The summed E-state index contributed by atoms with van der Waals surface area (Å²) in [5.41, 5.74) is 2.72. The number of hydrogen-bond acceptors (Lipinski definition) is 2. The van der Waals surface area contributed by atoms with Crippen LogP contribution in [0.15, 0.2) is 30.3 Å². The van der Waals surface area contributed by atoms with Crippen LogP contribution in [0.25, 0.3) is 5.57 Å². The summed E-state index contributed by atoms with van der Waals surface area (Å²) >= 11 is 0. The minimum atomic E-state index is 0.691. The minimum Gasteiger partial charge on any atom is -0.494 e. The van der Waals surface area contributed by atoms with Crippen LogP contribution in [0.3, 0.4) is 0 Å². The lowest BCUT2D eigenvalue weighted by molar-refractivity contribution is 0.313. The zero-order valence-corrected chi connectivity index (χ0v) is 10.6. The van der Waals surface area contributed by atoms with Gasteiger partial charge < -0.3 is 10.1 Å².